The van der Waals surface area contributed by atoms with Gasteiger partial charge >= 0.3 is 0 Å². The van der Waals surface area contributed by atoms with Crippen molar-refractivity contribution in [3.8, 4) is 5.75 Å². The highest BCUT2D eigenvalue weighted by molar-refractivity contribution is 5.88. The third-order valence-corrected chi connectivity index (χ3v) is 6.77. The zero-order valence-electron chi connectivity index (χ0n) is 21.7. The van der Waals surface area contributed by atoms with Crippen molar-refractivity contribution < 1.29 is 18.7 Å². The number of ether oxygens (including phenoxy) is 1. The minimum Gasteiger partial charge on any atom is -0.484 e. The predicted molar refractivity (Wildman–Crippen MR) is 147 cm³/mol. The highest BCUT2D eigenvalue weighted by Gasteiger charge is 2.30. The number of hydrogen-bond donors (Lipinski definition) is 1. The van der Waals surface area contributed by atoms with Gasteiger partial charge in [0.25, 0.3) is 5.91 Å². The highest BCUT2D eigenvalue weighted by atomic mass is 19.1. The first kappa shape index (κ1) is 27.1. The molecule has 1 N–H and O–H groups in total. The fourth-order valence-corrected chi connectivity index (χ4v) is 4.68. The lowest BCUT2D eigenvalue weighted by Gasteiger charge is -2.31. The summed E-state index contributed by atoms with van der Waals surface area (Å²) in [4.78, 5) is 28.8. The molecule has 5 nitrogen and oxygen atoms in total. The van der Waals surface area contributed by atoms with Gasteiger partial charge < -0.3 is 15.0 Å². The molecule has 198 valence electrons. The van der Waals surface area contributed by atoms with E-state index in [-0.39, 0.29) is 30.8 Å². The van der Waals surface area contributed by atoms with Crippen LogP contribution in [0, 0.1) is 5.82 Å². The van der Waals surface area contributed by atoms with Crippen LogP contribution in [-0.2, 0) is 22.6 Å². The Hall–Kier alpha value is -3.93. The molecule has 0 saturated carbocycles. The largest absolute Gasteiger partial charge is 0.484 e. The average molecular weight is 515 g/mol. The monoisotopic (exact) mass is 514 g/mol. The molecule has 0 spiro atoms. The zero-order valence-corrected chi connectivity index (χ0v) is 21.7. The molecule has 1 aliphatic rings. The first-order chi connectivity index (χ1) is 18.6. The standard InChI is InChI=1S/C32H35FN2O3/c33-28-18-16-27(17-19-28)23-35(31(36)24-38-29-14-8-3-9-15-29)30(22-26-12-6-2-7-13-26)32(37)34-21-20-25-10-4-1-5-11-25/h2-3,6-10,12-19,30H,1,4-5,11,20-24H2,(H,34,37)/t30-/m1/s1. The maximum Gasteiger partial charge on any atom is 0.261 e. The van der Waals surface area contributed by atoms with E-state index in [4.69, 9.17) is 4.74 Å². The summed E-state index contributed by atoms with van der Waals surface area (Å²) in [6.07, 6.45) is 8.04. The van der Waals surface area contributed by atoms with E-state index in [1.54, 1.807) is 29.2 Å². The van der Waals surface area contributed by atoms with Gasteiger partial charge in [0.15, 0.2) is 6.61 Å². The van der Waals surface area contributed by atoms with Gasteiger partial charge in [-0.05, 0) is 67.5 Å². The Kier molecular flexibility index (Phi) is 10.1. The van der Waals surface area contributed by atoms with Crippen LogP contribution >= 0.6 is 0 Å². The van der Waals surface area contributed by atoms with Crippen LogP contribution in [0.3, 0.4) is 0 Å². The molecule has 38 heavy (non-hydrogen) atoms. The molecule has 0 aromatic heterocycles. The van der Waals surface area contributed by atoms with Crippen molar-refractivity contribution >= 4 is 11.8 Å². The van der Waals surface area contributed by atoms with E-state index in [1.807, 2.05) is 48.5 Å². The van der Waals surface area contributed by atoms with E-state index in [1.165, 1.54) is 30.5 Å². The second-order valence-electron chi connectivity index (χ2n) is 9.60. The van der Waals surface area contributed by atoms with Gasteiger partial charge in [-0.2, -0.15) is 0 Å². The number of carbonyl (C=O) groups is 2. The summed E-state index contributed by atoms with van der Waals surface area (Å²) in [6.45, 7) is 0.471. The fourth-order valence-electron chi connectivity index (χ4n) is 4.68. The van der Waals surface area contributed by atoms with Gasteiger partial charge in [0.05, 0.1) is 0 Å². The molecule has 3 aromatic carbocycles. The number of carbonyl (C=O) groups excluding carboxylic acids is 2. The number of amides is 2. The number of allylic oxidation sites excluding steroid dienone is 1. The zero-order chi connectivity index (χ0) is 26.6. The Morgan fingerprint density at radius 2 is 1.61 bits per heavy atom. The van der Waals surface area contributed by atoms with E-state index in [0.29, 0.717) is 18.7 Å². The molecule has 6 heteroatoms. The molecule has 1 aliphatic carbocycles. The van der Waals surface area contributed by atoms with Crippen molar-refractivity contribution in [1.82, 2.24) is 10.2 Å². The summed E-state index contributed by atoms with van der Waals surface area (Å²) in [5.74, 6) is -0.299. The molecule has 3 aromatic rings. The number of hydrogen-bond acceptors (Lipinski definition) is 3. The lowest BCUT2D eigenvalue weighted by Crippen LogP contribution is -2.51. The van der Waals surface area contributed by atoms with E-state index >= 15 is 0 Å². The molecule has 0 saturated heterocycles. The van der Waals surface area contributed by atoms with Crippen molar-refractivity contribution in [2.75, 3.05) is 13.2 Å². The molecule has 0 aliphatic heterocycles. The van der Waals surface area contributed by atoms with Crippen molar-refractivity contribution in [3.63, 3.8) is 0 Å². The van der Waals surface area contributed by atoms with E-state index < -0.39 is 6.04 Å². The normalized spacial score (nSPS) is 13.8. The lowest BCUT2D eigenvalue weighted by atomic mass is 9.97. The summed E-state index contributed by atoms with van der Waals surface area (Å²) in [6, 6.07) is 24.0. The van der Waals surface area contributed by atoms with Crippen molar-refractivity contribution in [3.05, 3.63) is 114 Å². The Bertz CT molecular complexity index is 1200. The highest BCUT2D eigenvalue weighted by Crippen LogP contribution is 2.20. The summed E-state index contributed by atoms with van der Waals surface area (Å²) < 4.78 is 19.3. The van der Waals surface area contributed by atoms with Gasteiger partial charge in [-0.3, -0.25) is 9.59 Å². The second-order valence-corrected chi connectivity index (χ2v) is 9.60. The van der Waals surface area contributed by atoms with Gasteiger partial charge in [0.1, 0.15) is 17.6 Å². The number of para-hydroxylation sites is 1. The molecular formula is C32H35FN2O3. The maximum absolute atomic E-state index is 13.6. The fraction of sp³-hybridized carbons (Fsp3) is 0.312. The first-order valence-corrected chi connectivity index (χ1v) is 13.3. The van der Waals surface area contributed by atoms with Gasteiger partial charge in [-0.25, -0.2) is 4.39 Å². The summed E-state index contributed by atoms with van der Waals surface area (Å²) in [5, 5.41) is 3.08. The molecule has 1 atom stereocenters. The van der Waals surface area contributed by atoms with Crippen LogP contribution in [0.2, 0.25) is 0 Å². The smallest absolute Gasteiger partial charge is 0.261 e. The quantitative estimate of drug-likeness (QED) is 0.309. The van der Waals surface area contributed by atoms with Crippen LogP contribution in [0.5, 0.6) is 5.75 Å². The molecule has 0 heterocycles. The van der Waals surface area contributed by atoms with Gasteiger partial charge in [0, 0.05) is 19.5 Å². The van der Waals surface area contributed by atoms with Crippen molar-refractivity contribution in [1.29, 1.82) is 0 Å². The topological polar surface area (TPSA) is 58.6 Å². The average Bonchev–Trinajstić information content (AvgIpc) is 2.96. The molecule has 0 bridgehead atoms. The van der Waals surface area contributed by atoms with Crippen LogP contribution in [0.15, 0.2) is 96.6 Å². The van der Waals surface area contributed by atoms with Crippen LogP contribution in [0.25, 0.3) is 0 Å². The molecule has 0 unspecified atom stereocenters. The van der Waals surface area contributed by atoms with Crippen LogP contribution < -0.4 is 10.1 Å². The maximum atomic E-state index is 13.6. The van der Waals surface area contributed by atoms with Gasteiger partial charge in [-0.15, -0.1) is 0 Å². The molecule has 0 fully saturated rings. The number of benzene rings is 3. The van der Waals surface area contributed by atoms with Gasteiger partial charge in [0.2, 0.25) is 5.91 Å². The minimum atomic E-state index is -0.755. The molecule has 2 amide bonds. The number of nitrogens with one attached hydrogen (secondary N) is 1. The van der Waals surface area contributed by atoms with E-state index in [0.717, 1.165) is 30.4 Å². The van der Waals surface area contributed by atoms with E-state index in [2.05, 4.69) is 11.4 Å². The number of nitrogens with zero attached hydrogens (tertiary/aromatic N) is 1. The summed E-state index contributed by atoms with van der Waals surface area (Å²) >= 11 is 0. The predicted octanol–water partition coefficient (Wildman–Crippen LogP) is 5.85. The molecular weight excluding hydrogens is 479 g/mol. The Morgan fingerprint density at radius 1 is 0.895 bits per heavy atom. The third kappa shape index (κ3) is 8.30. The van der Waals surface area contributed by atoms with Gasteiger partial charge in [-0.1, -0.05) is 72.3 Å². The minimum absolute atomic E-state index is 0.160. The number of halogens is 1. The molecule has 0 radical (unpaired) electrons. The van der Waals surface area contributed by atoms with Crippen LogP contribution in [0.4, 0.5) is 4.39 Å². The summed E-state index contributed by atoms with van der Waals surface area (Å²) in [7, 11) is 0. The third-order valence-electron chi connectivity index (χ3n) is 6.77. The second kappa shape index (κ2) is 14.1. The Balaban J connectivity index is 1.55. The lowest BCUT2D eigenvalue weighted by molar-refractivity contribution is -0.142. The first-order valence-electron chi connectivity index (χ1n) is 13.3. The molecule has 4 rings (SSSR count). The SMILES string of the molecule is O=C(NCCC1=CCCCC1)[C@@H](Cc1ccccc1)N(Cc1ccc(F)cc1)C(=O)COc1ccccc1. The van der Waals surface area contributed by atoms with Crippen LogP contribution in [0.1, 0.15) is 43.2 Å². The Labute approximate surface area is 224 Å². The van der Waals surface area contributed by atoms with E-state index in [9.17, 15) is 14.0 Å². The van der Waals surface area contributed by atoms with Crippen LogP contribution in [-0.4, -0.2) is 35.9 Å². The van der Waals surface area contributed by atoms with Crippen molar-refractivity contribution in [2.24, 2.45) is 0 Å². The van der Waals surface area contributed by atoms with Crippen molar-refractivity contribution in [2.45, 2.75) is 51.1 Å². The number of rotatable bonds is 12. The Morgan fingerprint density at radius 3 is 2.29 bits per heavy atom. The summed E-state index contributed by atoms with van der Waals surface area (Å²) in [5.41, 5.74) is 3.06.